The van der Waals surface area contributed by atoms with Gasteiger partial charge in [0.2, 0.25) is 5.91 Å². The number of halogens is 1. The van der Waals surface area contributed by atoms with Gasteiger partial charge >= 0.3 is 0 Å². The highest BCUT2D eigenvalue weighted by Crippen LogP contribution is 2.28. The molecule has 1 aliphatic heterocycles. The van der Waals surface area contributed by atoms with Crippen molar-refractivity contribution in [3.8, 4) is 0 Å². The summed E-state index contributed by atoms with van der Waals surface area (Å²) >= 11 is 6.14. The molecule has 2 nitrogen and oxygen atoms in total. The van der Waals surface area contributed by atoms with Crippen molar-refractivity contribution >= 4 is 17.5 Å². The van der Waals surface area contributed by atoms with Crippen LogP contribution in [0.15, 0.2) is 24.3 Å². The van der Waals surface area contributed by atoms with Crippen molar-refractivity contribution < 1.29 is 4.79 Å². The maximum atomic E-state index is 12.0. The Morgan fingerprint density at radius 2 is 1.94 bits per heavy atom. The molecule has 0 atom stereocenters. The standard InChI is InChI=1S/C15H20ClNO/c1-15(2,3)14(18)17-9-11(10-17)8-12-6-4-5-7-13(12)16/h4-7,11H,8-10H2,1-3H3. The summed E-state index contributed by atoms with van der Waals surface area (Å²) in [4.78, 5) is 14.0. The minimum absolute atomic E-state index is 0.248. The average molecular weight is 266 g/mol. The number of amides is 1. The average Bonchev–Trinajstić information content (AvgIpc) is 2.23. The van der Waals surface area contributed by atoms with Crippen LogP contribution >= 0.6 is 11.6 Å². The number of likely N-dealkylation sites (tertiary alicyclic amines) is 1. The van der Waals surface area contributed by atoms with E-state index in [1.807, 2.05) is 43.9 Å². The van der Waals surface area contributed by atoms with Crippen LogP contribution in [0.5, 0.6) is 0 Å². The van der Waals surface area contributed by atoms with Gasteiger partial charge in [0.25, 0.3) is 0 Å². The van der Waals surface area contributed by atoms with Crippen LogP contribution in [0.25, 0.3) is 0 Å². The molecule has 0 aliphatic carbocycles. The number of nitrogens with zero attached hydrogens (tertiary/aromatic N) is 1. The summed E-state index contributed by atoms with van der Waals surface area (Å²) in [5.74, 6) is 0.800. The summed E-state index contributed by atoms with van der Waals surface area (Å²) < 4.78 is 0. The van der Waals surface area contributed by atoms with E-state index in [-0.39, 0.29) is 11.3 Å². The fourth-order valence-electron chi connectivity index (χ4n) is 2.31. The first-order valence-corrected chi connectivity index (χ1v) is 6.78. The Hall–Kier alpha value is -1.02. The second-order valence-corrected chi connectivity index (χ2v) is 6.53. The van der Waals surface area contributed by atoms with Crippen molar-refractivity contribution in [2.24, 2.45) is 11.3 Å². The van der Waals surface area contributed by atoms with Crippen LogP contribution in [0.3, 0.4) is 0 Å². The summed E-state index contributed by atoms with van der Waals surface area (Å²) in [7, 11) is 0. The first-order chi connectivity index (χ1) is 8.38. The highest BCUT2D eigenvalue weighted by atomic mass is 35.5. The van der Waals surface area contributed by atoms with Crippen LogP contribution in [0.2, 0.25) is 5.02 Å². The van der Waals surface area contributed by atoms with Gasteiger partial charge in [-0.1, -0.05) is 50.6 Å². The fraction of sp³-hybridized carbons (Fsp3) is 0.533. The normalized spacial score (nSPS) is 16.6. The molecule has 0 aromatic heterocycles. The molecule has 0 radical (unpaired) electrons. The number of carbonyl (C=O) groups excluding carboxylic acids is 1. The monoisotopic (exact) mass is 265 g/mol. The molecule has 1 heterocycles. The second kappa shape index (κ2) is 4.93. The van der Waals surface area contributed by atoms with Crippen molar-refractivity contribution in [3.63, 3.8) is 0 Å². The molecule has 0 spiro atoms. The summed E-state index contributed by atoms with van der Waals surface area (Å²) in [5.41, 5.74) is 0.919. The molecule has 98 valence electrons. The highest BCUT2D eigenvalue weighted by Gasteiger charge is 2.36. The van der Waals surface area contributed by atoms with Crippen molar-refractivity contribution in [2.75, 3.05) is 13.1 Å². The van der Waals surface area contributed by atoms with E-state index in [1.165, 1.54) is 5.56 Å². The van der Waals surface area contributed by atoms with E-state index in [4.69, 9.17) is 11.6 Å². The van der Waals surface area contributed by atoms with Crippen LogP contribution in [-0.4, -0.2) is 23.9 Å². The SMILES string of the molecule is CC(C)(C)C(=O)N1CC(Cc2ccccc2Cl)C1. The molecule has 1 aromatic rings. The maximum absolute atomic E-state index is 12.0. The smallest absolute Gasteiger partial charge is 0.227 e. The number of hydrogen-bond acceptors (Lipinski definition) is 1. The quantitative estimate of drug-likeness (QED) is 0.803. The lowest BCUT2D eigenvalue weighted by Crippen LogP contribution is -2.54. The largest absolute Gasteiger partial charge is 0.342 e. The predicted octanol–water partition coefficient (Wildman–Crippen LogP) is 3.39. The third-order valence-electron chi connectivity index (χ3n) is 3.35. The van der Waals surface area contributed by atoms with E-state index in [2.05, 4.69) is 6.07 Å². The van der Waals surface area contributed by atoms with Gasteiger partial charge < -0.3 is 4.90 Å². The van der Waals surface area contributed by atoms with Crippen LogP contribution in [0.1, 0.15) is 26.3 Å². The van der Waals surface area contributed by atoms with Gasteiger partial charge in [0, 0.05) is 23.5 Å². The summed E-state index contributed by atoms with van der Waals surface area (Å²) in [5, 5.41) is 0.832. The lowest BCUT2D eigenvalue weighted by molar-refractivity contribution is -0.146. The molecule has 1 aliphatic rings. The Bertz CT molecular complexity index is 444. The van der Waals surface area contributed by atoms with E-state index in [0.717, 1.165) is 24.5 Å². The zero-order valence-electron chi connectivity index (χ0n) is 11.2. The van der Waals surface area contributed by atoms with Gasteiger partial charge in [-0.25, -0.2) is 0 Å². The predicted molar refractivity (Wildman–Crippen MR) is 74.7 cm³/mol. The van der Waals surface area contributed by atoms with E-state index < -0.39 is 0 Å². The molecule has 1 fully saturated rings. The lowest BCUT2D eigenvalue weighted by atomic mass is 9.87. The third-order valence-corrected chi connectivity index (χ3v) is 3.72. The number of hydrogen-bond donors (Lipinski definition) is 0. The first kappa shape index (κ1) is 13.4. The number of benzene rings is 1. The molecule has 0 unspecified atom stereocenters. The van der Waals surface area contributed by atoms with Gasteiger partial charge in [-0.3, -0.25) is 4.79 Å². The van der Waals surface area contributed by atoms with Crippen LogP contribution < -0.4 is 0 Å². The van der Waals surface area contributed by atoms with Crippen molar-refractivity contribution in [3.05, 3.63) is 34.9 Å². The minimum atomic E-state index is -0.268. The Balaban J connectivity index is 1.88. The van der Waals surface area contributed by atoms with Gasteiger partial charge in [-0.15, -0.1) is 0 Å². The lowest BCUT2D eigenvalue weighted by Gasteiger charge is -2.42. The molecule has 1 aromatic carbocycles. The van der Waals surface area contributed by atoms with Gasteiger partial charge in [0.15, 0.2) is 0 Å². The van der Waals surface area contributed by atoms with E-state index in [9.17, 15) is 4.79 Å². The maximum Gasteiger partial charge on any atom is 0.227 e. The molecule has 0 bridgehead atoms. The highest BCUT2D eigenvalue weighted by molar-refractivity contribution is 6.31. The summed E-state index contributed by atoms with van der Waals surface area (Å²) in [6, 6.07) is 7.95. The molecular formula is C15H20ClNO. The topological polar surface area (TPSA) is 20.3 Å². The van der Waals surface area contributed by atoms with Gasteiger partial charge in [0.05, 0.1) is 0 Å². The minimum Gasteiger partial charge on any atom is -0.342 e. The Morgan fingerprint density at radius 3 is 2.50 bits per heavy atom. The molecule has 0 saturated carbocycles. The van der Waals surface area contributed by atoms with E-state index >= 15 is 0 Å². The molecule has 3 heteroatoms. The zero-order valence-corrected chi connectivity index (χ0v) is 12.0. The Morgan fingerprint density at radius 1 is 1.33 bits per heavy atom. The van der Waals surface area contributed by atoms with Crippen LogP contribution in [-0.2, 0) is 11.2 Å². The third kappa shape index (κ3) is 2.86. The van der Waals surface area contributed by atoms with Crippen LogP contribution in [0.4, 0.5) is 0 Å². The van der Waals surface area contributed by atoms with E-state index in [0.29, 0.717) is 5.92 Å². The Kier molecular flexibility index (Phi) is 3.67. The summed E-state index contributed by atoms with van der Waals surface area (Å²) in [6.07, 6.45) is 0.966. The number of rotatable bonds is 2. The van der Waals surface area contributed by atoms with Gasteiger partial charge in [-0.2, -0.15) is 0 Å². The molecule has 1 saturated heterocycles. The first-order valence-electron chi connectivity index (χ1n) is 6.40. The molecule has 0 N–H and O–H groups in total. The zero-order chi connectivity index (χ0) is 13.3. The Labute approximate surface area is 114 Å². The molecule has 18 heavy (non-hydrogen) atoms. The van der Waals surface area contributed by atoms with Crippen molar-refractivity contribution in [1.29, 1.82) is 0 Å². The van der Waals surface area contributed by atoms with Crippen molar-refractivity contribution in [2.45, 2.75) is 27.2 Å². The molecule has 2 rings (SSSR count). The van der Waals surface area contributed by atoms with Crippen LogP contribution in [0, 0.1) is 11.3 Å². The fourth-order valence-corrected chi connectivity index (χ4v) is 2.53. The number of carbonyl (C=O) groups is 1. The van der Waals surface area contributed by atoms with Gasteiger partial charge in [-0.05, 0) is 24.0 Å². The van der Waals surface area contributed by atoms with Gasteiger partial charge in [0.1, 0.15) is 0 Å². The summed E-state index contributed by atoms with van der Waals surface area (Å²) in [6.45, 7) is 7.63. The second-order valence-electron chi connectivity index (χ2n) is 6.12. The van der Waals surface area contributed by atoms with Crippen molar-refractivity contribution in [1.82, 2.24) is 4.90 Å². The molecular weight excluding hydrogens is 246 g/mol. The van der Waals surface area contributed by atoms with E-state index in [1.54, 1.807) is 0 Å². The molecule has 1 amide bonds.